The highest BCUT2D eigenvalue weighted by atomic mass is 33.1. The highest BCUT2D eigenvalue weighted by Gasteiger charge is 1.96. The average molecular weight is 276 g/mol. The van der Waals surface area contributed by atoms with E-state index in [-0.39, 0.29) is 5.97 Å². The zero-order valence-electron chi connectivity index (χ0n) is 10.8. The van der Waals surface area contributed by atoms with Crippen LogP contribution >= 0.6 is 21.6 Å². The highest BCUT2D eigenvalue weighted by molar-refractivity contribution is 8.76. The van der Waals surface area contributed by atoms with Gasteiger partial charge in [0, 0.05) is 17.6 Å². The van der Waals surface area contributed by atoms with E-state index < -0.39 is 0 Å². The Kier molecular flexibility index (Phi) is 13.9. The Hall–Kier alpha value is -0.0900. The van der Waals surface area contributed by atoms with Crippen molar-refractivity contribution in [2.45, 2.75) is 45.4 Å². The number of carbonyl (C=O) groups is 1. The van der Waals surface area contributed by atoms with Crippen LogP contribution in [0.4, 0.5) is 0 Å². The van der Waals surface area contributed by atoms with E-state index in [9.17, 15) is 4.79 Å². The summed E-state index contributed by atoms with van der Waals surface area (Å²) in [5.41, 5.74) is 0. The van der Waals surface area contributed by atoms with Gasteiger partial charge in [-0.05, 0) is 6.42 Å². The third-order valence-corrected chi connectivity index (χ3v) is 4.70. The third kappa shape index (κ3) is 13.8. The van der Waals surface area contributed by atoms with Gasteiger partial charge in [0.05, 0.1) is 0 Å². The van der Waals surface area contributed by atoms with Crippen LogP contribution in [0.25, 0.3) is 0 Å². The molecule has 0 N–H and O–H groups in total. The van der Waals surface area contributed by atoms with Crippen molar-refractivity contribution in [1.29, 1.82) is 0 Å². The number of carbonyl (C=O) groups excluding carboxylic acids is 1. The molecule has 0 aliphatic heterocycles. The second-order valence-corrected chi connectivity index (χ2v) is 6.49. The van der Waals surface area contributed by atoms with Crippen LogP contribution in [0.2, 0.25) is 0 Å². The van der Waals surface area contributed by atoms with E-state index >= 15 is 0 Å². The molecule has 0 fully saturated rings. The molecule has 0 aromatic heterocycles. The summed E-state index contributed by atoms with van der Waals surface area (Å²) in [4.78, 5) is 10.7. The van der Waals surface area contributed by atoms with Crippen LogP contribution in [0.5, 0.6) is 0 Å². The van der Waals surface area contributed by atoms with Crippen LogP contribution in [-0.2, 0) is 9.53 Å². The van der Waals surface area contributed by atoms with E-state index in [4.69, 9.17) is 4.74 Å². The van der Waals surface area contributed by atoms with Gasteiger partial charge in [0.1, 0.15) is 6.61 Å². The summed E-state index contributed by atoms with van der Waals surface area (Å²) in [6.45, 7) is 6.07. The van der Waals surface area contributed by atoms with Crippen LogP contribution in [0, 0.1) is 0 Å². The van der Waals surface area contributed by atoms with E-state index in [0.717, 1.165) is 5.75 Å². The Morgan fingerprint density at radius 3 is 2.47 bits per heavy atom. The molecular weight excluding hydrogens is 252 g/mol. The fourth-order valence-electron chi connectivity index (χ4n) is 1.29. The lowest BCUT2D eigenvalue weighted by Crippen LogP contribution is -2.02. The predicted molar refractivity (Wildman–Crippen MR) is 79.4 cm³/mol. The minimum Gasteiger partial charge on any atom is -0.462 e. The number of ether oxygens (including phenoxy) is 1. The Morgan fingerprint density at radius 2 is 1.76 bits per heavy atom. The maximum atomic E-state index is 10.7. The van der Waals surface area contributed by atoms with Crippen LogP contribution in [0.3, 0.4) is 0 Å². The maximum absolute atomic E-state index is 10.7. The Bertz CT molecular complexity index is 196. The molecule has 2 nitrogen and oxygen atoms in total. The summed E-state index contributed by atoms with van der Waals surface area (Å²) < 4.78 is 4.87. The first kappa shape index (κ1) is 16.9. The van der Waals surface area contributed by atoms with Gasteiger partial charge in [0.2, 0.25) is 0 Å². The van der Waals surface area contributed by atoms with Crippen molar-refractivity contribution < 1.29 is 9.53 Å². The van der Waals surface area contributed by atoms with Gasteiger partial charge in [0.15, 0.2) is 0 Å². The largest absolute Gasteiger partial charge is 0.462 e. The van der Waals surface area contributed by atoms with Crippen LogP contribution < -0.4 is 0 Å². The summed E-state index contributed by atoms with van der Waals surface area (Å²) in [5.74, 6) is 1.73. The fourth-order valence-corrected chi connectivity index (χ4v) is 3.27. The SMILES string of the molecule is C=CC(=O)OCCSSCCCCCCCC. The average Bonchev–Trinajstić information content (AvgIpc) is 2.35. The molecule has 0 saturated heterocycles. The van der Waals surface area contributed by atoms with Crippen molar-refractivity contribution in [3.63, 3.8) is 0 Å². The summed E-state index contributed by atoms with van der Waals surface area (Å²) in [5, 5.41) is 0. The van der Waals surface area contributed by atoms with Crippen LogP contribution in [0.15, 0.2) is 12.7 Å². The molecule has 0 aliphatic carbocycles. The molecular formula is C13H24O2S2. The second-order valence-electron chi connectivity index (χ2n) is 3.78. The number of unbranched alkanes of at least 4 members (excludes halogenated alkanes) is 5. The molecule has 100 valence electrons. The molecule has 4 heteroatoms. The molecule has 0 bridgehead atoms. The lowest BCUT2D eigenvalue weighted by Gasteiger charge is -2.02. The van der Waals surface area contributed by atoms with E-state index in [1.165, 1.54) is 50.4 Å². The van der Waals surface area contributed by atoms with Gasteiger partial charge in [-0.15, -0.1) is 0 Å². The lowest BCUT2D eigenvalue weighted by molar-refractivity contribution is -0.137. The van der Waals surface area contributed by atoms with Gasteiger partial charge in [-0.2, -0.15) is 0 Å². The minimum atomic E-state index is -0.327. The summed E-state index contributed by atoms with van der Waals surface area (Å²) in [6, 6.07) is 0. The van der Waals surface area contributed by atoms with E-state index in [1.807, 2.05) is 10.8 Å². The molecule has 0 aliphatic rings. The molecule has 0 spiro atoms. The number of esters is 1. The standard InChI is InChI=1S/C13H24O2S2/c1-3-5-6-7-8-9-11-16-17-12-10-15-13(14)4-2/h4H,2-3,5-12H2,1H3. The predicted octanol–water partition coefficient (Wildman–Crippen LogP) is 4.46. The highest BCUT2D eigenvalue weighted by Crippen LogP contribution is 2.22. The van der Waals surface area contributed by atoms with Gasteiger partial charge in [-0.3, -0.25) is 0 Å². The Labute approximate surface area is 113 Å². The second kappa shape index (κ2) is 14.0. The molecule has 0 aromatic carbocycles. The van der Waals surface area contributed by atoms with E-state index in [1.54, 1.807) is 10.8 Å². The van der Waals surface area contributed by atoms with Crippen molar-refractivity contribution in [1.82, 2.24) is 0 Å². The Balaban J connectivity index is 2.98. The molecule has 0 heterocycles. The maximum Gasteiger partial charge on any atom is 0.330 e. The van der Waals surface area contributed by atoms with Gasteiger partial charge < -0.3 is 4.74 Å². The van der Waals surface area contributed by atoms with Gasteiger partial charge in [-0.1, -0.05) is 67.2 Å². The van der Waals surface area contributed by atoms with Gasteiger partial charge in [-0.25, -0.2) is 4.79 Å². The Morgan fingerprint density at radius 1 is 1.12 bits per heavy atom. The lowest BCUT2D eigenvalue weighted by atomic mass is 10.1. The van der Waals surface area contributed by atoms with Crippen molar-refractivity contribution in [2.75, 3.05) is 18.1 Å². The van der Waals surface area contributed by atoms with Crippen molar-refractivity contribution in [2.24, 2.45) is 0 Å². The third-order valence-electron chi connectivity index (χ3n) is 2.24. The van der Waals surface area contributed by atoms with Crippen molar-refractivity contribution in [3.05, 3.63) is 12.7 Å². The first-order valence-electron chi connectivity index (χ1n) is 6.34. The van der Waals surface area contributed by atoms with Crippen LogP contribution in [0.1, 0.15) is 45.4 Å². The smallest absolute Gasteiger partial charge is 0.330 e. The van der Waals surface area contributed by atoms with Gasteiger partial charge >= 0.3 is 5.97 Å². The summed E-state index contributed by atoms with van der Waals surface area (Å²) in [7, 11) is 3.66. The van der Waals surface area contributed by atoms with Crippen molar-refractivity contribution >= 4 is 27.6 Å². The first-order valence-corrected chi connectivity index (χ1v) is 8.83. The molecule has 0 unspecified atom stereocenters. The minimum absolute atomic E-state index is 0.327. The fraction of sp³-hybridized carbons (Fsp3) is 0.769. The molecule has 17 heavy (non-hydrogen) atoms. The quantitative estimate of drug-likeness (QED) is 0.227. The zero-order chi connectivity index (χ0) is 12.8. The molecule has 0 amide bonds. The molecule has 0 radical (unpaired) electrons. The number of hydrogen-bond acceptors (Lipinski definition) is 4. The molecule has 0 rings (SSSR count). The molecule has 0 saturated carbocycles. The molecule has 0 atom stereocenters. The monoisotopic (exact) mass is 276 g/mol. The topological polar surface area (TPSA) is 26.3 Å². The first-order chi connectivity index (χ1) is 8.31. The van der Waals surface area contributed by atoms with Crippen LogP contribution in [-0.4, -0.2) is 24.1 Å². The zero-order valence-corrected chi connectivity index (χ0v) is 12.4. The number of hydrogen-bond donors (Lipinski definition) is 0. The van der Waals surface area contributed by atoms with E-state index in [2.05, 4.69) is 13.5 Å². The summed E-state index contributed by atoms with van der Waals surface area (Å²) in [6.07, 6.45) is 9.29. The molecule has 0 aromatic rings. The summed E-state index contributed by atoms with van der Waals surface area (Å²) >= 11 is 0. The van der Waals surface area contributed by atoms with Gasteiger partial charge in [0.25, 0.3) is 0 Å². The van der Waals surface area contributed by atoms with E-state index in [0.29, 0.717) is 6.61 Å². The normalized spacial score (nSPS) is 10.2. The number of rotatable bonds is 12. The van der Waals surface area contributed by atoms with Crippen molar-refractivity contribution in [3.8, 4) is 0 Å².